The first-order chi connectivity index (χ1) is 3.80. The summed E-state index contributed by atoms with van der Waals surface area (Å²) in [6.45, 7) is 0. The average Bonchev–Trinajstić information content (AvgIpc) is 2.12. The van der Waals surface area contributed by atoms with Crippen LogP contribution in [-0.2, 0) is 4.79 Å². The van der Waals surface area contributed by atoms with Crippen molar-refractivity contribution in [3.8, 4) is 0 Å². The molecule has 0 bridgehead atoms. The molecule has 1 fully saturated rings. The highest BCUT2D eigenvalue weighted by Crippen LogP contribution is 2.24. The number of rotatable bonds is 1. The van der Waals surface area contributed by atoms with E-state index in [-0.39, 0.29) is 11.2 Å². The van der Waals surface area contributed by atoms with Crippen molar-refractivity contribution in [1.29, 1.82) is 0 Å². The van der Waals surface area contributed by atoms with Crippen LogP contribution in [0.1, 0.15) is 6.42 Å². The van der Waals surface area contributed by atoms with Crippen LogP contribution in [-0.4, -0.2) is 16.7 Å². The molecule has 3 heteroatoms. The summed E-state index contributed by atoms with van der Waals surface area (Å²) in [5.74, 6) is 2.19. The molecule has 0 radical (unpaired) electrons. The molecule has 1 aliphatic heterocycles. The van der Waals surface area contributed by atoms with Crippen molar-refractivity contribution in [3.63, 3.8) is 0 Å². The zero-order chi connectivity index (χ0) is 5.98. The van der Waals surface area contributed by atoms with Gasteiger partial charge in [0.05, 0.1) is 0 Å². The molecule has 0 aromatic rings. The third-order valence-electron chi connectivity index (χ3n) is 1.25. The second-order valence-corrected chi connectivity index (χ2v) is 3.39. The predicted molar refractivity (Wildman–Crippen MR) is 36.3 cm³/mol. The summed E-state index contributed by atoms with van der Waals surface area (Å²) in [5.41, 5.74) is 0. The van der Waals surface area contributed by atoms with E-state index in [1.165, 1.54) is 0 Å². The average molecular weight is 151 g/mol. The molecule has 0 aromatic carbocycles. The van der Waals surface area contributed by atoms with Gasteiger partial charge in [0.2, 0.25) is 5.24 Å². The van der Waals surface area contributed by atoms with E-state index in [0.717, 1.165) is 17.9 Å². The standard InChI is InChI=1S/C5H7ClOS/c6-5(7)4-1-2-8-3-4/h4H,1-3H2. The Bertz CT molecular complexity index is 98.6. The number of halogens is 1. The van der Waals surface area contributed by atoms with Gasteiger partial charge in [-0.05, 0) is 23.8 Å². The van der Waals surface area contributed by atoms with Gasteiger partial charge in [0.25, 0.3) is 0 Å². The fraction of sp³-hybridized carbons (Fsp3) is 0.800. The Kier molecular flexibility index (Phi) is 2.20. The van der Waals surface area contributed by atoms with Crippen LogP contribution in [0.4, 0.5) is 0 Å². The number of thioether (sulfide) groups is 1. The summed E-state index contributed by atoms with van der Waals surface area (Å²) in [6, 6.07) is 0. The van der Waals surface area contributed by atoms with Gasteiger partial charge in [-0.25, -0.2) is 0 Å². The molecule has 0 aromatic heterocycles. The largest absolute Gasteiger partial charge is 0.281 e. The van der Waals surface area contributed by atoms with Gasteiger partial charge in [-0.3, -0.25) is 4.79 Å². The highest BCUT2D eigenvalue weighted by Gasteiger charge is 2.20. The van der Waals surface area contributed by atoms with E-state index in [4.69, 9.17) is 11.6 Å². The SMILES string of the molecule is O=C(Cl)C1CCSC1. The maximum Gasteiger partial charge on any atom is 0.225 e. The lowest BCUT2D eigenvalue weighted by Crippen LogP contribution is -2.05. The van der Waals surface area contributed by atoms with Crippen LogP contribution in [0.25, 0.3) is 0 Å². The Hall–Kier alpha value is 0.310. The lowest BCUT2D eigenvalue weighted by molar-refractivity contribution is -0.114. The monoisotopic (exact) mass is 150 g/mol. The van der Waals surface area contributed by atoms with Crippen LogP contribution >= 0.6 is 23.4 Å². The van der Waals surface area contributed by atoms with Gasteiger partial charge in [0.1, 0.15) is 0 Å². The van der Waals surface area contributed by atoms with E-state index in [1.54, 1.807) is 11.8 Å². The first-order valence-corrected chi connectivity index (χ1v) is 4.11. The molecule has 1 rings (SSSR count). The highest BCUT2D eigenvalue weighted by atomic mass is 35.5. The van der Waals surface area contributed by atoms with Crippen molar-refractivity contribution < 1.29 is 4.79 Å². The van der Waals surface area contributed by atoms with Gasteiger partial charge in [-0.15, -0.1) is 0 Å². The maximum atomic E-state index is 10.4. The molecule has 1 atom stereocenters. The highest BCUT2D eigenvalue weighted by molar-refractivity contribution is 7.99. The minimum Gasteiger partial charge on any atom is -0.281 e. The smallest absolute Gasteiger partial charge is 0.225 e. The molecular weight excluding hydrogens is 144 g/mol. The molecule has 46 valence electrons. The second kappa shape index (κ2) is 2.74. The minimum atomic E-state index is -0.157. The molecule has 1 nitrogen and oxygen atoms in total. The van der Waals surface area contributed by atoms with E-state index in [9.17, 15) is 4.79 Å². The number of hydrogen-bond acceptors (Lipinski definition) is 2. The molecule has 1 saturated heterocycles. The topological polar surface area (TPSA) is 17.1 Å². The van der Waals surface area contributed by atoms with Crippen molar-refractivity contribution in [3.05, 3.63) is 0 Å². The molecule has 0 aliphatic carbocycles. The maximum absolute atomic E-state index is 10.4. The van der Waals surface area contributed by atoms with Crippen molar-refractivity contribution in [2.45, 2.75) is 6.42 Å². The van der Waals surface area contributed by atoms with Crippen LogP contribution in [0, 0.1) is 5.92 Å². The van der Waals surface area contributed by atoms with Gasteiger partial charge < -0.3 is 0 Å². The molecule has 0 amide bonds. The number of carbonyl (C=O) groups is 1. The molecule has 0 spiro atoms. The van der Waals surface area contributed by atoms with Gasteiger partial charge in [-0.1, -0.05) is 0 Å². The van der Waals surface area contributed by atoms with E-state index in [1.807, 2.05) is 0 Å². The van der Waals surface area contributed by atoms with E-state index < -0.39 is 0 Å². The zero-order valence-corrected chi connectivity index (χ0v) is 5.97. The molecule has 0 saturated carbocycles. The lowest BCUT2D eigenvalue weighted by atomic mass is 10.1. The Balaban J connectivity index is 2.35. The summed E-state index contributed by atoms with van der Waals surface area (Å²) in [6.07, 6.45) is 0.979. The van der Waals surface area contributed by atoms with Crippen LogP contribution in [0.3, 0.4) is 0 Å². The molecule has 1 unspecified atom stereocenters. The van der Waals surface area contributed by atoms with Crippen molar-refractivity contribution in [2.24, 2.45) is 5.92 Å². The van der Waals surface area contributed by atoms with Crippen LogP contribution < -0.4 is 0 Å². The minimum absolute atomic E-state index is 0.154. The Morgan fingerprint density at radius 3 is 2.75 bits per heavy atom. The summed E-state index contributed by atoms with van der Waals surface area (Å²) in [4.78, 5) is 10.4. The van der Waals surface area contributed by atoms with Gasteiger partial charge in [0, 0.05) is 11.7 Å². The van der Waals surface area contributed by atoms with Crippen LogP contribution in [0.2, 0.25) is 0 Å². The summed E-state index contributed by atoms with van der Waals surface area (Å²) < 4.78 is 0. The second-order valence-electron chi connectivity index (χ2n) is 1.86. The number of hydrogen-bond donors (Lipinski definition) is 0. The molecule has 8 heavy (non-hydrogen) atoms. The number of carbonyl (C=O) groups excluding carboxylic acids is 1. The molecule has 1 heterocycles. The van der Waals surface area contributed by atoms with E-state index in [0.29, 0.717) is 0 Å². The first kappa shape index (κ1) is 6.43. The normalized spacial score (nSPS) is 28.4. The fourth-order valence-corrected chi connectivity index (χ4v) is 2.21. The predicted octanol–water partition coefficient (Wildman–Crippen LogP) is 1.50. The molecular formula is C5H7ClOS. The van der Waals surface area contributed by atoms with Gasteiger partial charge in [-0.2, -0.15) is 11.8 Å². The molecule has 0 N–H and O–H groups in total. The van der Waals surface area contributed by atoms with Crippen molar-refractivity contribution >= 4 is 28.6 Å². The summed E-state index contributed by atoms with van der Waals surface area (Å²) in [7, 11) is 0. The van der Waals surface area contributed by atoms with E-state index in [2.05, 4.69) is 0 Å². The summed E-state index contributed by atoms with van der Waals surface area (Å²) in [5, 5.41) is -0.157. The Morgan fingerprint density at radius 1 is 1.75 bits per heavy atom. The van der Waals surface area contributed by atoms with Crippen LogP contribution in [0.5, 0.6) is 0 Å². The zero-order valence-electron chi connectivity index (χ0n) is 4.39. The van der Waals surface area contributed by atoms with E-state index >= 15 is 0 Å². The summed E-state index contributed by atoms with van der Waals surface area (Å²) >= 11 is 7.04. The fourth-order valence-electron chi connectivity index (χ4n) is 0.714. The van der Waals surface area contributed by atoms with Crippen LogP contribution in [0.15, 0.2) is 0 Å². The van der Waals surface area contributed by atoms with Crippen molar-refractivity contribution in [2.75, 3.05) is 11.5 Å². The molecule has 1 aliphatic rings. The van der Waals surface area contributed by atoms with Gasteiger partial charge >= 0.3 is 0 Å². The Labute approximate surface area is 57.8 Å². The quantitative estimate of drug-likeness (QED) is 0.527. The lowest BCUT2D eigenvalue weighted by Gasteiger charge is -1.95. The third-order valence-corrected chi connectivity index (χ3v) is 2.72. The van der Waals surface area contributed by atoms with Crippen molar-refractivity contribution in [1.82, 2.24) is 0 Å². The van der Waals surface area contributed by atoms with Gasteiger partial charge in [0.15, 0.2) is 0 Å². The Morgan fingerprint density at radius 2 is 2.50 bits per heavy atom. The third kappa shape index (κ3) is 1.39. The first-order valence-electron chi connectivity index (χ1n) is 2.58.